The van der Waals surface area contributed by atoms with E-state index in [0.717, 1.165) is 36.0 Å². The van der Waals surface area contributed by atoms with Gasteiger partial charge in [-0.15, -0.1) is 0 Å². The standard InChI is InChI=1S/C16H28BrN3O/c1-4-11-20-14(13(17)12-18-20)15(21)16(19(2)3)9-7-5-6-8-10-16/h12,15,21H,4-11H2,1-3H3. The number of aliphatic hydroxyl groups excluding tert-OH is 1. The number of aliphatic hydroxyl groups is 1. The summed E-state index contributed by atoms with van der Waals surface area (Å²) >= 11 is 3.59. The van der Waals surface area contributed by atoms with Crippen LogP contribution in [0.15, 0.2) is 10.7 Å². The molecule has 1 aromatic heterocycles. The maximum Gasteiger partial charge on any atom is 0.115 e. The number of hydrogen-bond donors (Lipinski definition) is 1. The zero-order valence-corrected chi connectivity index (χ0v) is 15.1. The van der Waals surface area contributed by atoms with E-state index < -0.39 is 6.10 Å². The molecule has 21 heavy (non-hydrogen) atoms. The molecule has 0 aliphatic heterocycles. The summed E-state index contributed by atoms with van der Waals surface area (Å²) in [5.41, 5.74) is 0.761. The summed E-state index contributed by atoms with van der Waals surface area (Å²) in [6.45, 7) is 2.99. The van der Waals surface area contributed by atoms with Crippen LogP contribution in [0.1, 0.15) is 63.7 Å². The minimum Gasteiger partial charge on any atom is -0.385 e. The third kappa shape index (κ3) is 3.35. The predicted molar refractivity (Wildman–Crippen MR) is 89.3 cm³/mol. The molecule has 4 nitrogen and oxygen atoms in total. The van der Waals surface area contributed by atoms with Crippen molar-refractivity contribution in [1.82, 2.24) is 14.7 Å². The zero-order chi connectivity index (χ0) is 15.5. The topological polar surface area (TPSA) is 41.3 Å². The van der Waals surface area contributed by atoms with E-state index in [1.165, 1.54) is 25.7 Å². The molecule has 1 unspecified atom stereocenters. The van der Waals surface area contributed by atoms with Crippen molar-refractivity contribution in [2.24, 2.45) is 0 Å². The quantitative estimate of drug-likeness (QED) is 0.816. The van der Waals surface area contributed by atoms with Crippen molar-refractivity contribution in [1.29, 1.82) is 0 Å². The number of aromatic nitrogens is 2. The van der Waals surface area contributed by atoms with Gasteiger partial charge in [0, 0.05) is 6.54 Å². The van der Waals surface area contributed by atoms with Gasteiger partial charge in [-0.2, -0.15) is 5.10 Å². The van der Waals surface area contributed by atoms with Crippen molar-refractivity contribution in [3.63, 3.8) is 0 Å². The van der Waals surface area contributed by atoms with E-state index in [1.54, 1.807) is 0 Å². The van der Waals surface area contributed by atoms with Crippen LogP contribution in [0, 0.1) is 0 Å². The molecular formula is C16H28BrN3O. The van der Waals surface area contributed by atoms with E-state index in [4.69, 9.17) is 0 Å². The molecular weight excluding hydrogens is 330 g/mol. The van der Waals surface area contributed by atoms with E-state index in [-0.39, 0.29) is 5.54 Å². The van der Waals surface area contributed by atoms with Crippen molar-refractivity contribution in [3.05, 3.63) is 16.4 Å². The van der Waals surface area contributed by atoms with Crippen LogP contribution in [-0.2, 0) is 6.54 Å². The van der Waals surface area contributed by atoms with Crippen molar-refractivity contribution in [2.45, 2.75) is 70.1 Å². The third-order valence-corrected chi connectivity index (χ3v) is 5.51. The van der Waals surface area contributed by atoms with Gasteiger partial charge < -0.3 is 10.0 Å². The van der Waals surface area contributed by atoms with Gasteiger partial charge in [-0.3, -0.25) is 4.68 Å². The summed E-state index contributed by atoms with van der Waals surface area (Å²) in [5, 5.41) is 15.7. The van der Waals surface area contributed by atoms with Gasteiger partial charge in [-0.1, -0.05) is 32.6 Å². The van der Waals surface area contributed by atoms with E-state index in [0.29, 0.717) is 0 Å². The normalized spacial score (nSPS) is 20.5. The summed E-state index contributed by atoms with van der Waals surface area (Å²) in [5.74, 6) is 0. The molecule has 1 heterocycles. The Morgan fingerprint density at radius 2 is 1.95 bits per heavy atom. The lowest BCUT2D eigenvalue weighted by Gasteiger charge is -2.43. The fourth-order valence-electron chi connectivity index (χ4n) is 3.59. The smallest absolute Gasteiger partial charge is 0.115 e. The van der Waals surface area contributed by atoms with Gasteiger partial charge in [0.25, 0.3) is 0 Å². The Morgan fingerprint density at radius 1 is 1.33 bits per heavy atom. The largest absolute Gasteiger partial charge is 0.385 e. The molecule has 0 bridgehead atoms. The summed E-state index contributed by atoms with van der Waals surface area (Å²) in [6, 6.07) is 0. The Morgan fingerprint density at radius 3 is 2.48 bits per heavy atom. The lowest BCUT2D eigenvalue weighted by atomic mass is 9.81. The first-order chi connectivity index (χ1) is 10.0. The van der Waals surface area contributed by atoms with Crippen LogP contribution in [0.5, 0.6) is 0 Å². The number of likely N-dealkylation sites (N-methyl/N-ethyl adjacent to an activating group) is 1. The number of nitrogens with zero attached hydrogens (tertiary/aromatic N) is 3. The molecule has 0 aromatic carbocycles. The molecule has 1 N–H and O–H groups in total. The number of aryl methyl sites for hydroxylation is 1. The fraction of sp³-hybridized carbons (Fsp3) is 0.812. The lowest BCUT2D eigenvalue weighted by molar-refractivity contribution is -0.0251. The molecule has 1 aliphatic carbocycles. The Kier molecular flexibility index (Phi) is 5.86. The van der Waals surface area contributed by atoms with Gasteiger partial charge in [0.2, 0.25) is 0 Å². The van der Waals surface area contributed by atoms with E-state index in [9.17, 15) is 5.11 Å². The van der Waals surface area contributed by atoms with Gasteiger partial charge in [0.1, 0.15) is 6.10 Å². The fourth-order valence-corrected chi connectivity index (χ4v) is 4.11. The third-order valence-electron chi connectivity index (χ3n) is 4.90. The van der Waals surface area contributed by atoms with Crippen molar-refractivity contribution in [2.75, 3.05) is 14.1 Å². The van der Waals surface area contributed by atoms with Crippen LogP contribution in [0.3, 0.4) is 0 Å². The van der Waals surface area contributed by atoms with Crippen molar-refractivity contribution < 1.29 is 5.11 Å². The van der Waals surface area contributed by atoms with Crippen LogP contribution in [0.2, 0.25) is 0 Å². The average Bonchev–Trinajstić information content (AvgIpc) is 2.67. The highest BCUT2D eigenvalue weighted by atomic mass is 79.9. The first-order valence-corrected chi connectivity index (χ1v) is 8.89. The van der Waals surface area contributed by atoms with Gasteiger partial charge in [0.15, 0.2) is 0 Å². The first kappa shape index (κ1) is 17.0. The summed E-state index contributed by atoms with van der Waals surface area (Å²) < 4.78 is 2.89. The first-order valence-electron chi connectivity index (χ1n) is 8.09. The van der Waals surface area contributed by atoms with Gasteiger partial charge in [-0.25, -0.2) is 0 Å². The second kappa shape index (κ2) is 7.25. The average molecular weight is 358 g/mol. The predicted octanol–water partition coefficient (Wildman–Crippen LogP) is 3.74. The molecule has 0 amide bonds. The Balaban J connectivity index is 2.38. The second-order valence-electron chi connectivity index (χ2n) is 6.42. The zero-order valence-electron chi connectivity index (χ0n) is 13.5. The molecule has 1 aliphatic rings. The minimum absolute atomic E-state index is 0.176. The lowest BCUT2D eigenvalue weighted by Crippen LogP contribution is -2.49. The minimum atomic E-state index is -0.506. The highest BCUT2D eigenvalue weighted by Gasteiger charge is 2.43. The maximum absolute atomic E-state index is 11.2. The SMILES string of the molecule is CCCn1ncc(Br)c1C(O)C1(N(C)C)CCCCCC1. The molecule has 1 saturated carbocycles. The van der Waals surface area contributed by atoms with E-state index >= 15 is 0 Å². The summed E-state index contributed by atoms with van der Waals surface area (Å²) in [6.07, 6.45) is 9.35. The van der Waals surface area contributed by atoms with Crippen LogP contribution in [0.25, 0.3) is 0 Å². The number of rotatable bonds is 5. The van der Waals surface area contributed by atoms with Gasteiger partial charge >= 0.3 is 0 Å². The molecule has 0 radical (unpaired) electrons. The molecule has 5 heteroatoms. The highest BCUT2D eigenvalue weighted by molar-refractivity contribution is 9.10. The van der Waals surface area contributed by atoms with Crippen molar-refractivity contribution >= 4 is 15.9 Å². The van der Waals surface area contributed by atoms with Crippen LogP contribution < -0.4 is 0 Å². The van der Waals surface area contributed by atoms with Crippen LogP contribution in [-0.4, -0.2) is 39.4 Å². The summed E-state index contributed by atoms with van der Waals surface area (Å²) in [7, 11) is 4.20. The molecule has 1 atom stereocenters. The van der Waals surface area contributed by atoms with Gasteiger partial charge in [0.05, 0.1) is 21.9 Å². The Labute approximate surface area is 136 Å². The summed E-state index contributed by atoms with van der Waals surface area (Å²) in [4.78, 5) is 2.23. The Bertz CT molecular complexity index is 450. The van der Waals surface area contributed by atoms with Crippen LogP contribution in [0.4, 0.5) is 0 Å². The monoisotopic (exact) mass is 357 g/mol. The van der Waals surface area contributed by atoms with E-state index in [1.807, 2.05) is 10.9 Å². The molecule has 0 saturated heterocycles. The Hall–Kier alpha value is -0.390. The van der Waals surface area contributed by atoms with E-state index in [2.05, 4.69) is 46.9 Å². The maximum atomic E-state index is 11.2. The highest BCUT2D eigenvalue weighted by Crippen LogP contribution is 2.42. The van der Waals surface area contributed by atoms with Crippen LogP contribution >= 0.6 is 15.9 Å². The van der Waals surface area contributed by atoms with Crippen molar-refractivity contribution in [3.8, 4) is 0 Å². The molecule has 1 fully saturated rings. The molecule has 2 rings (SSSR count). The van der Waals surface area contributed by atoms with Gasteiger partial charge in [-0.05, 0) is 49.3 Å². The second-order valence-corrected chi connectivity index (χ2v) is 7.27. The molecule has 0 spiro atoms. The molecule has 120 valence electrons. The molecule has 1 aromatic rings. The number of hydrogen-bond acceptors (Lipinski definition) is 3. The number of halogens is 1.